The van der Waals surface area contributed by atoms with Crippen LogP contribution in [-0.4, -0.2) is 27.9 Å². The second-order valence-corrected chi connectivity index (χ2v) is 20.7. The quantitative estimate of drug-likeness (QED) is 0.618. The molecule has 0 amide bonds. The van der Waals surface area contributed by atoms with Crippen LogP contribution in [0.1, 0.15) is 5.69 Å². The van der Waals surface area contributed by atoms with E-state index in [1.54, 1.807) is 6.07 Å². The zero-order valence-electron chi connectivity index (χ0n) is 12.2. The summed E-state index contributed by atoms with van der Waals surface area (Å²) in [5, 5.41) is 11.4. The number of hydrogen-bond donors (Lipinski definition) is 0. The zero-order valence-corrected chi connectivity index (χ0v) is 15.1. The maximum atomic E-state index is 9.00. The molecule has 3 rings (SSSR count). The topological polar surface area (TPSA) is 41.6 Å². The van der Waals surface area contributed by atoms with Gasteiger partial charge in [0.1, 0.15) is 0 Å². The van der Waals surface area contributed by atoms with Crippen LogP contribution >= 0.6 is 0 Å². The van der Waals surface area contributed by atoms with Crippen LogP contribution < -0.4 is 3.58 Å². The van der Waals surface area contributed by atoms with Gasteiger partial charge in [-0.05, 0) is 0 Å². The number of benzene rings is 1. The first-order valence-electron chi connectivity index (χ1n) is 6.71. The first-order chi connectivity index (χ1) is 9.41. The monoisotopic (exact) mass is 371 g/mol. The van der Waals surface area contributed by atoms with Gasteiger partial charge in [0.25, 0.3) is 0 Å². The van der Waals surface area contributed by atoms with Gasteiger partial charge in [0, 0.05) is 0 Å². The summed E-state index contributed by atoms with van der Waals surface area (Å²) in [5.74, 6) is 0. The van der Waals surface area contributed by atoms with E-state index in [1.165, 1.54) is 14.5 Å². The van der Waals surface area contributed by atoms with Crippen LogP contribution in [0, 0.1) is 11.3 Å². The molecule has 0 aliphatic heterocycles. The molecule has 0 N–H and O–H groups in total. The van der Waals surface area contributed by atoms with E-state index in [0.29, 0.717) is 5.69 Å². The summed E-state index contributed by atoms with van der Waals surface area (Å²) in [7, 11) is 2.01. The van der Waals surface area contributed by atoms with Crippen molar-refractivity contribution < 1.29 is 0 Å². The van der Waals surface area contributed by atoms with Crippen LogP contribution in [0.25, 0.3) is 21.9 Å². The number of fused-ring (bicyclic) bond motifs is 3. The third kappa shape index (κ3) is 1.99. The fourth-order valence-corrected chi connectivity index (χ4v) is 5.91. The van der Waals surface area contributed by atoms with Crippen molar-refractivity contribution in [2.24, 2.45) is 7.05 Å². The SMILES string of the molecule is Cn1c2cc[c]([Sn]([CH3])([CH3])[CH3])cc2c2ccc(C#N)nc21. The molecule has 0 saturated carbocycles. The molecule has 0 fully saturated rings. The molecule has 100 valence electrons. The summed E-state index contributed by atoms with van der Waals surface area (Å²) in [4.78, 5) is 11.7. The number of nitrogens with zero attached hydrogens (tertiary/aromatic N) is 3. The number of aryl methyl sites for hydroxylation is 1. The van der Waals surface area contributed by atoms with Crippen molar-refractivity contribution in [1.82, 2.24) is 9.55 Å². The number of rotatable bonds is 1. The predicted octanol–water partition coefficient (Wildman–Crippen LogP) is 3.14. The number of hydrogen-bond acceptors (Lipinski definition) is 2. The van der Waals surface area contributed by atoms with E-state index < -0.39 is 18.4 Å². The van der Waals surface area contributed by atoms with Gasteiger partial charge in [0.05, 0.1) is 0 Å². The molecule has 0 bridgehead atoms. The summed E-state index contributed by atoms with van der Waals surface area (Å²) < 4.78 is 3.59. The minimum absolute atomic E-state index is 0.471. The van der Waals surface area contributed by atoms with Crippen molar-refractivity contribution in [3.8, 4) is 6.07 Å². The van der Waals surface area contributed by atoms with Gasteiger partial charge < -0.3 is 0 Å². The fraction of sp³-hybridized carbons (Fsp3) is 0.250. The number of aromatic nitrogens is 2. The van der Waals surface area contributed by atoms with Gasteiger partial charge >= 0.3 is 123 Å². The molecule has 20 heavy (non-hydrogen) atoms. The molecular formula is C16H17N3Sn. The van der Waals surface area contributed by atoms with Crippen molar-refractivity contribution in [3.05, 3.63) is 36.0 Å². The van der Waals surface area contributed by atoms with E-state index in [0.717, 1.165) is 11.0 Å². The van der Waals surface area contributed by atoms with Gasteiger partial charge in [-0.2, -0.15) is 0 Å². The van der Waals surface area contributed by atoms with Gasteiger partial charge in [0.15, 0.2) is 0 Å². The van der Waals surface area contributed by atoms with Gasteiger partial charge in [-0.15, -0.1) is 0 Å². The molecule has 0 spiro atoms. The Labute approximate surface area is 122 Å². The summed E-state index contributed by atoms with van der Waals surface area (Å²) in [6.07, 6.45) is 0. The van der Waals surface area contributed by atoms with Crippen LogP contribution in [0.15, 0.2) is 30.3 Å². The molecule has 0 aliphatic rings. The molecule has 3 aromatic rings. The Bertz CT molecular complexity index is 863. The molecular weight excluding hydrogens is 353 g/mol. The molecule has 0 saturated heterocycles. The van der Waals surface area contributed by atoms with Crippen molar-refractivity contribution in [3.63, 3.8) is 0 Å². The number of pyridine rings is 1. The molecule has 0 unspecified atom stereocenters. The zero-order chi connectivity index (χ0) is 14.5. The molecule has 0 radical (unpaired) electrons. The average Bonchev–Trinajstić information content (AvgIpc) is 2.70. The van der Waals surface area contributed by atoms with Crippen molar-refractivity contribution in [2.75, 3.05) is 0 Å². The predicted molar refractivity (Wildman–Crippen MR) is 85.9 cm³/mol. The Balaban J connectivity index is 2.41. The second-order valence-electron chi connectivity index (χ2n) is 6.22. The summed E-state index contributed by atoms with van der Waals surface area (Å²) in [6, 6.07) is 12.7. The van der Waals surface area contributed by atoms with E-state index in [-0.39, 0.29) is 0 Å². The van der Waals surface area contributed by atoms with Crippen LogP contribution in [0.2, 0.25) is 14.8 Å². The Morgan fingerprint density at radius 2 is 1.85 bits per heavy atom. The molecule has 2 aromatic heterocycles. The first kappa shape index (κ1) is 13.4. The van der Waals surface area contributed by atoms with Gasteiger partial charge in [-0.25, -0.2) is 0 Å². The van der Waals surface area contributed by atoms with E-state index in [2.05, 4.69) is 48.6 Å². The van der Waals surface area contributed by atoms with Crippen molar-refractivity contribution in [2.45, 2.75) is 14.8 Å². The Morgan fingerprint density at radius 1 is 1.10 bits per heavy atom. The average molecular weight is 370 g/mol. The van der Waals surface area contributed by atoms with Crippen LogP contribution in [0.5, 0.6) is 0 Å². The van der Waals surface area contributed by atoms with E-state index in [4.69, 9.17) is 5.26 Å². The van der Waals surface area contributed by atoms with E-state index in [9.17, 15) is 0 Å². The Morgan fingerprint density at radius 3 is 2.50 bits per heavy atom. The molecule has 0 atom stereocenters. The molecule has 0 aliphatic carbocycles. The Hall–Kier alpha value is -1.54. The summed E-state index contributed by atoms with van der Waals surface area (Å²) in [5.41, 5.74) is 2.54. The van der Waals surface area contributed by atoms with Crippen LogP contribution in [-0.2, 0) is 7.05 Å². The normalized spacial score (nSPS) is 11.9. The fourth-order valence-electron chi connectivity index (χ4n) is 2.60. The maximum absolute atomic E-state index is 9.00. The van der Waals surface area contributed by atoms with Crippen molar-refractivity contribution >= 4 is 43.9 Å². The standard InChI is InChI=1S/C13H8N3.3CH3.Sn/c1-16-12-5-3-2-4-10(12)11-7-6-9(8-14)15-13(11)16;;;;/h3-7H,1H3;3*1H3;. The van der Waals surface area contributed by atoms with Gasteiger partial charge in [-0.3, -0.25) is 0 Å². The second kappa shape index (κ2) is 4.49. The summed E-state index contributed by atoms with van der Waals surface area (Å²) >= 11 is -2.07. The number of nitriles is 1. The van der Waals surface area contributed by atoms with Crippen LogP contribution in [0.3, 0.4) is 0 Å². The minimum atomic E-state index is -2.07. The first-order valence-corrected chi connectivity index (χ1v) is 16.7. The van der Waals surface area contributed by atoms with E-state index >= 15 is 0 Å². The van der Waals surface area contributed by atoms with Gasteiger partial charge in [0.2, 0.25) is 0 Å². The molecule has 2 heterocycles. The third-order valence-electron chi connectivity index (χ3n) is 3.82. The molecule has 1 aromatic carbocycles. The summed E-state index contributed by atoms with van der Waals surface area (Å²) in [6.45, 7) is 0. The van der Waals surface area contributed by atoms with Gasteiger partial charge in [-0.1, -0.05) is 0 Å². The van der Waals surface area contributed by atoms with E-state index in [1.807, 2.05) is 13.1 Å². The third-order valence-corrected chi connectivity index (χ3v) is 9.65. The van der Waals surface area contributed by atoms with Crippen molar-refractivity contribution in [1.29, 1.82) is 5.26 Å². The molecule has 4 heteroatoms. The van der Waals surface area contributed by atoms with Crippen LogP contribution in [0.4, 0.5) is 0 Å². The molecule has 3 nitrogen and oxygen atoms in total. The Kier molecular flexibility index (Phi) is 3.02.